The van der Waals surface area contributed by atoms with E-state index in [1.165, 1.54) is 15.9 Å². The van der Waals surface area contributed by atoms with Crippen LogP contribution >= 0.6 is 7.92 Å². The fourth-order valence-electron chi connectivity index (χ4n) is 3.57. The van der Waals surface area contributed by atoms with E-state index in [9.17, 15) is 0 Å². The molecule has 0 saturated carbocycles. The number of rotatable bonds is 6. The molecule has 3 aromatic carbocycles. The zero-order valence-electron chi connectivity index (χ0n) is 22.1. The highest BCUT2D eigenvalue weighted by Gasteiger charge is 2.22. The standard InChI is InChI=1S/C30H39O3P/c1-28(2,3)31-22-13-10-16-25(19-22)34(26-17-11-14-23(20-26)32-29(4,5)6)27-18-12-15-24(21-27)33-30(7,8)9/h10-21H,1-9H3. The maximum absolute atomic E-state index is 6.20. The van der Waals surface area contributed by atoms with E-state index >= 15 is 0 Å². The van der Waals surface area contributed by atoms with Gasteiger partial charge in [-0.15, -0.1) is 0 Å². The van der Waals surface area contributed by atoms with E-state index in [1.54, 1.807) is 0 Å². The van der Waals surface area contributed by atoms with Crippen molar-refractivity contribution in [2.24, 2.45) is 0 Å². The summed E-state index contributed by atoms with van der Waals surface area (Å²) in [6, 6.07) is 25.4. The summed E-state index contributed by atoms with van der Waals surface area (Å²) in [4.78, 5) is 0. The Bertz CT molecular complexity index is 959. The highest BCUT2D eigenvalue weighted by molar-refractivity contribution is 7.79. The molecule has 0 fully saturated rings. The zero-order valence-corrected chi connectivity index (χ0v) is 23.0. The van der Waals surface area contributed by atoms with Crippen LogP contribution in [0.15, 0.2) is 72.8 Å². The number of ether oxygens (including phenoxy) is 3. The van der Waals surface area contributed by atoms with Crippen LogP contribution in [0, 0.1) is 0 Å². The van der Waals surface area contributed by atoms with Gasteiger partial charge < -0.3 is 14.2 Å². The normalized spacial score (nSPS) is 12.5. The summed E-state index contributed by atoms with van der Waals surface area (Å²) in [5.74, 6) is 2.63. The Kier molecular flexibility index (Phi) is 7.68. The van der Waals surface area contributed by atoms with Gasteiger partial charge in [-0.2, -0.15) is 0 Å². The molecule has 0 aliphatic carbocycles. The van der Waals surface area contributed by atoms with Gasteiger partial charge in [0.1, 0.15) is 34.1 Å². The third-order valence-electron chi connectivity index (χ3n) is 4.50. The quantitative estimate of drug-likeness (QED) is 0.358. The first-order valence-corrected chi connectivity index (χ1v) is 13.2. The molecule has 3 rings (SSSR count). The molecular formula is C30H39O3P. The predicted molar refractivity (Wildman–Crippen MR) is 146 cm³/mol. The van der Waals surface area contributed by atoms with Gasteiger partial charge in [0, 0.05) is 0 Å². The molecule has 0 amide bonds. The third kappa shape index (κ3) is 8.06. The monoisotopic (exact) mass is 478 g/mol. The second-order valence-electron chi connectivity index (χ2n) is 11.5. The second-order valence-corrected chi connectivity index (χ2v) is 13.7. The average Bonchev–Trinajstić information content (AvgIpc) is 2.65. The fourth-order valence-corrected chi connectivity index (χ4v) is 5.93. The number of benzene rings is 3. The first-order valence-electron chi connectivity index (χ1n) is 11.9. The number of hydrogen-bond acceptors (Lipinski definition) is 3. The Morgan fingerprint density at radius 1 is 0.441 bits per heavy atom. The first kappa shape index (κ1) is 26.1. The Hall–Kier alpha value is -2.51. The summed E-state index contributed by atoms with van der Waals surface area (Å²) < 4.78 is 18.6. The van der Waals surface area contributed by atoms with Crippen molar-refractivity contribution >= 4 is 23.8 Å². The molecule has 182 valence electrons. The third-order valence-corrected chi connectivity index (χ3v) is 6.88. The maximum Gasteiger partial charge on any atom is 0.120 e. The van der Waals surface area contributed by atoms with Crippen LogP contribution in [0.25, 0.3) is 0 Å². The van der Waals surface area contributed by atoms with E-state index in [2.05, 4.69) is 117 Å². The molecule has 0 aliphatic rings. The molecule has 0 aromatic heterocycles. The van der Waals surface area contributed by atoms with Gasteiger partial charge in [0.25, 0.3) is 0 Å². The maximum atomic E-state index is 6.20. The van der Waals surface area contributed by atoms with Gasteiger partial charge in [-0.1, -0.05) is 36.4 Å². The van der Waals surface area contributed by atoms with Crippen LogP contribution in [0.1, 0.15) is 62.3 Å². The highest BCUT2D eigenvalue weighted by Crippen LogP contribution is 2.37. The molecule has 34 heavy (non-hydrogen) atoms. The minimum Gasteiger partial charge on any atom is -0.488 e. The van der Waals surface area contributed by atoms with Gasteiger partial charge in [0.15, 0.2) is 0 Å². The summed E-state index contributed by atoms with van der Waals surface area (Å²) in [7, 11) is -0.859. The van der Waals surface area contributed by atoms with Crippen LogP contribution in [0.4, 0.5) is 0 Å². The van der Waals surface area contributed by atoms with Gasteiger partial charge in [0.05, 0.1) is 0 Å². The van der Waals surface area contributed by atoms with Crippen molar-refractivity contribution in [1.29, 1.82) is 0 Å². The Labute approximate surface area is 207 Å². The van der Waals surface area contributed by atoms with Crippen molar-refractivity contribution in [2.75, 3.05) is 0 Å². The smallest absolute Gasteiger partial charge is 0.120 e. The topological polar surface area (TPSA) is 27.7 Å². The minimum absolute atomic E-state index is 0.262. The molecule has 0 radical (unpaired) electrons. The van der Waals surface area contributed by atoms with Crippen molar-refractivity contribution in [3.63, 3.8) is 0 Å². The molecule has 0 atom stereocenters. The van der Waals surface area contributed by atoms with Crippen LogP contribution in [-0.2, 0) is 0 Å². The molecular weight excluding hydrogens is 439 g/mol. The lowest BCUT2D eigenvalue weighted by molar-refractivity contribution is 0.130. The zero-order chi connectivity index (χ0) is 25.1. The number of hydrogen-bond donors (Lipinski definition) is 0. The van der Waals surface area contributed by atoms with Crippen LogP contribution < -0.4 is 30.1 Å². The predicted octanol–water partition coefficient (Wildman–Crippen LogP) is 6.98. The van der Waals surface area contributed by atoms with E-state index in [0.29, 0.717) is 0 Å². The summed E-state index contributed by atoms with van der Waals surface area (Å²) in [6.07, 6.45) is 0. The molecule has 3 nitrogen and oxygen atoms in total. The van der Waals surface area contributed by atoms with Gasteiger partial charge in [0.2, 0.25) is 0 Å². The van der Waals surface area contributed by atoms with Gasteiger partial charge >= 0.3 is 0 Å². The summed E-state index contributed by atoms with van der Waals surface area (Å²) in [5, 5.41) is 3.66. The highest BCUT2D eigenvalue weighted by atomic mass is 31.1. The largest absolute Gasteiger partial charge is 0.488 e. The minimum atomic E-state index is -0.859. The first-order chi connectivity index (χ1) is 15.7. The Morgan fingerprint density at radius 3 is 0.941 bits per heavy atom. The Balaban J connectivity index is 2.12. The SMILES string of the molecule is CC(C)(C)Oc1cccc(P(c2cccc(OC(C)(C)C)c2)c2cccc(OC(C)(C)C)c2)c1. The molecule has 4 heteroatoms. The van der Waals surface area contributed by atoms with E-state index in [0.717, 1.165) is 17.2 Å². The van der Waals surface area contributed by atoms with Crippen LogP contribution in [0.3, 0.4) is 0 Å². The van der Waals surface area contributed by atoms with Crippen molar-refractivity contribution < 1.29 is 14.2 Å². The molecule has 0 N–H and O–H groups in total. The lowest BCUT2D eigenvalue weighted by Gasteiger charge is -2.26. The van der Waals surface area contributed by atoms with Crippen molar-refractivity contribution in [2.45, 2.75) is 79.1 Å². The Morgan fingerprint density at radius 2 is 0.706 bits per heavy atom. The van der Waals surface area contributed by atoms with Crippen LogP contribution in [0.2, 0.25) is 0 Å². The molecule has 0 saturated heterocycles. The fraction of sp³-hybridized carbons (Fsp3) is 0.400. The van der Waals surface area contributed by atoms with Crippen LogP contribution in [-0.4, -0.2) is 16.8 Å². The summed E-state index contributed by atoms with van der Waals surface area (Å²) in [6.45, 7) is 18.7. The molecule has 3 aromatic rings. The van der Waals surface area contributed by atoms with Gasteiger partial charge in [-0.05, 0) is 123 Å². The van der Waals surface area contributed by atoms with Crippen molar-refractivity contribution in [3.05, 3.63) is 72.8 Å². The molecule has 0 bridgehead atoms. The van der Waals surface area contributed by atoms with Crippen molar-refractivity contribution in [3.8, 4) is 17.2 Å². The van der Waals surface area contributed by atoms with Gasteiger partial charge in [-0.25, -0.2) is 0 Å². The lowest BCUT2D eigenvalue weighted by Crippen LogP contribution is -2.26. The summed E-state index contributed by atoms with van der Waals surface area (Å²) in [5.41, 5.74) is -0.785. The van der Waals surface area contributed by atoms with E-state index in [1.807, 2.05) is 18.2 Å². The molecule has 0 spiro atoms. The lowest BCUT2D eigenvalue weighted by atomic mass is 10.2. The van der Waals surface area contributed by atoms with Gasteiger partial charge in [-0.3, -0.25) is 0 Å². The van der Waals surface area contributed by atoms with Crippen molar-refractivity contribution in [1.82, 2.24) is 0 Å². The second kappa shape index (κ2) is 10.0. The van der Waals surface area contributed by atoms with Crippen LogP contribution in [0.5, 0.6) is 17.2 Å². The van der Waals surface area contributed by atoms with E-state index in [4.69, 9.17) is 14.2 Å². The summed E-state index contributed by atoms with van der Waals surface area (Å²) >= 11 is 0. The molecule has 0 unspecified atom stereocenters. The van der Waals surface area contributed by atoms with E-state index in [-0.39, 0.29) is 16.8 Å². The molecule has 0 heterocycles. The average molecular weight is 479 g/mol. The van der Waals surface area contributed by atoms with E-state index < -0.39 is 7.92 Å². The molecule has 0 aliphatic heterocycles.